The van der Waals surface area contributed by atoms with Gasteiger partial charge in [-0.3, -0.25) is 14.5 Å². The van der Waals surface area contributed by atoms with Crippen molar-refractivity contribution in [2.75, 3.05) is 18.5 Å². The number of carbonyl (C=O) groups is 1. The van der Waals surface area contributed by atoms with Crippen molar-refractivity contribution >= 4 is 19.4 Å². The van der Waals surface area contributed by atoms with Crippen LogP contribution in [0.15, 0.2) is 59.5 Å². The van der Waals surface area contributed by atoms with Crippen LogP contribution in [-0.2, 0) is 27.1 Å². The van der Waals surface area contributed by atoms with Crippen LogP contribution >= 0.6 is 7.82 Å². The second-order valence-corrected chi connectivity index (χ2v) is 8.31. The molecule has 4 heterocycles. The molecule has 0 aliphatic heterocycles. The maximum absolute atomic E-state index is 12.9. The summed E-state index contributed by atoms with van der Waals surface area (Å²) in [6, 6.07) is 8.45. The summed E-state index contributed by atoms with van der Waals surface area (Å²) in [5, 5.41) is 11.2. The van der Waals surface area contributed by atoms with E-state index in [0.717, 1.165) is 4.68 Å². The van der Waals surface area contributed by atoms with Gasteiger partial charge in [0.2, 0.25) is 0 Å². The fourth-order valence-corrected chi connectivity index (χ4v) is 3.37. The molecule has 0 atom stereocenters. The van der Waals surface area contributed by atoms with Crippen molar-refractivity contribution in [1.82, 2.24) is 24.5 Å². The molecule has 0 aromatic carbocycles. The Morgan fingerprint density at radius 1 is 1.16 bits per heavy atom. The van der Waals surface area contributed by atoms with E-state index in [0.29, 0.717) is 48.2 Å². The second kappa shape index (κ2) is 14.5. The first-order valence-corrected chi connectivity index (χ1v) is 12.0. The Kier molecular flexibility index (Phi) is 12.4. The van der Waals surface area contributed by atoms with Crippen LogP contribution in [0.4, 0.5) is 5.69 Å². The zero-order valence-electron chi connectivity index (χ0n) is 20.6. The van der Waals surface area contributed by atoms with Gasteiger partial charge in [0.05, 0.1) is 44.1 Å². The topological polar surface area (TPSA) is 172 Å². The van der Waals surface area contributed by atoms with Gasteiger partial charge in [0.25, 0.3) is 5.91 Å². The van der Waals surface area contributed by atoms with Crippen LogP contribution in [0.1, 0.15) is 17.5 Å². The van der Waals surface area contributed by atoms with Crippen molar-refractivity contribution in [1.29, 1.82) is 0 Å². The molecule has 0 unspecified atom stereocenters. The molecule has 184 valence electrons. The summed E-state index contributed by atoms with van der Waals surface area (Å²) in [6.45, 7) is 2.89. The van der Waals surface area contributed by atoms with Gasteiger partial charge in [-0.1, -0.05) is 6.07 Å². The number of ether oxygens (including phenoxy) is 1. The predicted octanol–water partition coefficient (Wildman–Crippen LogP) is -4.50. The standard InChI is InChI=1S/C21H23N6O7P.2Na/c1-2-32-10-9-26-13-17(20(25-26)16-5-3-4-8-22-16)24-21(28)19-7-6-18(34-19)15-11-23-27(12-15)14-33-35(29,30)31;;/h3-8,11-13H,2,9-10,14H2,1H3,(H,24,28)(H2,29,30,31);;/q;2*+1/p-2. The summed E-state index contributed by atoms with van der Waals surface area (Å²) in [7, 11) is -5.12. The van der Waals surface area contributed by atoms with Crippen molar-refractivity contribution < 1.29 is 91.9 Å². The van der Waals surface area contributed by atoms with Crippen molar-refractivity contribution in [3.8, 4) is 22.7 Å². The zero-order chi connectivity index (χ0) is 24.8. The van der Waals surface area contributed by atoms with Crippen LogP contribution in [0.5, 0.6) is 0 Å². The smallest absolute Gasteiger partial charge is 0.790 e. The molecule has 0 aliphatic rings. The Morgan fingerprint density at radius 3 is 2.68 bits per heavy atom. The van der Waals surface area contributed by atoms with Crippen molar-refractivity contribution in [2.45, 2.75) is 20.2 Å². The van der Waals surface area contributed by atoms with Gasteiger partial charge in [-0.05, 0) is 31.2 Å². The van der Waals surface area contributed by atoms with Crippen molar-refractivity contribution in [2.24, 2.45) is 0 Å². The quantitative estimate of drug-likeness (QED) is 0.110. The summed E-state index contributed by atoms with van der Waals surface area (Å²) < 4.78 is 28.6. The fourth-order valence-electron chi connectivity index (χ4n) is 3.11. The molecule has 0 radical (unpaired) electrons. The van der Waals surface area contributed by atoms with E-state index in [4.69, 9.17) is 9.15 Å². The van der Waals surface area contributed by atoms with Crippen molar-refractivity contribution in [3.63, 3.8) is 0 Å². The molecule has 0 aliphatic carbocycles. The summed E-state index contributed by atoms with van der Waals surface area (Å²) in [4.78, 5) is 38.5. The Labute approximate surface area is 256 Å². The van der Waals surface area contributed by atoms with Crippen LogP contribution < -0.4 is 74.2 Å². The number of nitrogens with one attached hydrogen (secondary N) is 1. The van der Waals surface area contributed by atoms with Gasteiger partial charge in [0, 0.05) is 25.2 Å². The van der Waals surface area contributed by atoms with E-state index in [-0.39, 0.29) is 64.9 Å². The second-order valence-electron chi connectivity index (χ2n) is 7.16. The Hall–Kier alpha value is -1.61. The van der Waals surface area contributed by atoms with Crippen LogP contribution in [0.3, 0.4) is 0 Å². The monoisotopic (exact) mass is 546 g/mol. The number of carbonyl (C=O) groups excluding carboxylic acids is 1. The number of amides is 1. The largest absolute Gasteiger partial charge is 1.00 e. The van der Waals surface area contributed by atoms with Gasteiger partial charge >= 0.3 is 59.1 Å². The normalized spacial score (nSPS) is 11.0. The minimum atomic E-state index is -5.12. The third-order valence-corrected chi connectivity index (χ3v) is 5.11. The van der Waals surface area contributed by atoms with Gasteiger partial charge in [0.15, 0.2) is 5.76 Å². The number of nitrogens with zero attached hydrogens (tertiary/aromatic N) is 5. The third-order valence-electron chi connectivity index (χ3n) is 4.68. The first-order valence-electron chi connectivity index (χ1n) is 10.5. The number of phosphoric acid groups is 1. The molecule has 37 heavy (non-hydrogen) atoms. The molecule has 0 saturated carbocycles. The van der Waals surface area contributed by atoms with Crippen LogP contribution in [-0.4, -0.2) is 43.7 Å². The summed E-state index contributed by atoms with van der Waals surface area (Å²) in [5.41, 5.74) is 2.00. The molecule has 1 amide bonds. The van der Waals surface area contributed by atoms with E-state index in [1.165, 1.54) is 18.5 Å². The molecule has 0 fully saturated rings. The Bertz CT molecular complexity index is 1340. The SMILES string of the molecule is CCOCCn1cc(NC(=O)c2ccc(-c3cnn(COP(=O)([O-])[O-])c3)o2)c(-c2ccccn2)n1.[Na+].[Na+]. The minimum Gasteiger partial charge on any atom is -0.790 e. The molecule has 4 rings (SSSR count). The predicted molar refractivity (Wildman–Crippen MR) is 119 cm³/mol. The van der Waals surface area contributed by atoms with Crippen LogP contribution in [0, 0.1) is 0 Å². The van der Waals surface area contributed by atoms with E-state index < -0.39 is 20.5 Å². The number of aromatic nitrogens is 5. The molecule has 4 aromatic rings. The molecule has 1 N–H and O–H groups in total. The van der Waals surface area contributed by atoms with E-state index in [9.17, 15) is 19.1 Å². The molecule has 13 nitrogen and oxygen atoms in total. The molecule has 0 saturated heterocycles. The number of phosphoric ester groups is 1. The van der Waals surface area contributed by atoms with E-state index >= 15 is 0 Å². The number of pyridine rings is 1. The first-order chi connectivity index (χ1) is 16.8. The van der Waals surface area contributed by atoms with E-state index in [1.807, 2.05) is 13.0 Å². The van der Waals surface area contributed by atoms with E-state index in [1.54, 1.807) is 35.3 Å². The summed E-state index contributed by atoms with van der Waals surface area (Å²) in [5.74, 6) is -0.167. The molecule has 0 bridgehead atoms. The van der Waals surface area contributed by atoms with Gasteiger partial charge in [-0.25, -0.2) is 4.68 Å². The van der Waals surface area contributed by atoms with Crippen LogP contribution in [0.2, 0.25) is 0 Å². The average Bonchev–Trinajstić information content (AvgIpc) is 3.58. The van der Waals surface area contributed by atoms with Gasteiger partial charge < -0.3 is 33.3 Å². The fraction of sp³-hybridized carbons (Fsp3) is 0.238. The summed E-state index contributed by atoms with van der Waals surface area (Å²) in [6.07, 6.45) is 6.13. The third kappa shape index (κ3) is 8.98. The van der Waals surface area contributed by atoms with Gasteiger partial charge in [0.1, 0.15) is 18.2 Å². The minimum absolute atomic E-state index is 0. The molecule has 16 heteroatoms. The number of hydrogen-bond acceptors (Lipinski definition) is 10. The number of anilines is 1. The Balaban J connectivity index is 0.00000241. The van der Waals surface area contributed by atoms with Gasteiger partial charge in [-0.2, -0.15) is 10.2 Å². The maximum atomic E-state index is 12.9. The molecule has 4 aromatic heterocycles. The number of hydrogen-bond donors (Lipinski definition) is 1. The maximum Gasteiger partial charge on any atom is 1.00 e. The molecular weight excluding hydrogens is 525 g/mol. The molecule has 0 spiro atoms. The zero-order valence-corrected chi connectivity index (χ0v) is 25.5. The first kappa shape index (κ1) is 31.6. The van der Waals surface area contributed by atoms with Crippen LogP contribution in [0.25, 0.3) is 22.7 Å². The number of rotatable bonds is 11. The average molecular weight is 546 g/mol. The number of furan rings is 1. The van der Waals surface area contributed by atoms with Crippen molar-refractivity contribution in [3.05, 3.63) is 60.9 Å². The summed E-state index contributed by atoms with van der Waals surface area (Å²) >= 11 is 0. The Morgan fingerprint density at radius 2 is 1.97 bits per heavy atom. The molecular formula is C21H21N6Na2O7P. The van der Waals surface area contributed by atoms with Gasteiger partial charge in [-0.15, -0.1) is 0 Å². The van der Waals surface area contributed by atoms with E-state index in [2.05, 4.69) is 25.0 Å².